The van der Waals surface area contributed by atoms with E-state index >= 15 is 0 Å². The van der Waals surface area contributed by atoms with Crippen molar-refractivity contribution in [3.63, 3.8) is 0 Å². The molecule has 2 heterocycles. The zero-order valence-corrected chi connectivity index (χ0v) is 9.79. The second-order valence-electron chi connectivity index (χ2n) is 4.20. The number of aliphatic hydroxyl groups excluding tert-OH is 1. The van der Waals surface area contributed by atoms with Gasteiger partial charge in [0.1, 0.15) is 23.4 Å². The highest BCUT2D eigenvalue weighted by molar-refractivity contribution is 5.41. The van der Waals surface area contributed by atoms with E-state index in [1.54, 1.807) is 28.9 Å². The zero-order valence-electron chi connectivity index (χ0n) is 9.79. The summed E-state index contributed by atoms with van der Waals surface area (Å²) in [6.45, 7) is 0. The Bertz CT molecular complexity index is 706. The SMILES string of the molecule is OC(c1cn2ccccc2n1)c1cc(F)ccc1F. The van der Waals surface area contributed by atoms with Crippen molar-refractivity contribution in [1.82, 2.24) is 9.38 Å². The second-order valence-corrected chi connectivity index (χ2v) is 4.20. The van der Waals surface area contributed by atoms with Crippen LogP contribution in [0.2, 0.25) is 0 Å². The number of fused-ring (bicyclic) bond motifs is 1. The monoisotopic (exact) mass is 260 g/mol. The summed E-state index contributed by atoms with van der Waals surface area (Å²) in [5.41, 5.74) is 0.785. The third-order valence-electron chi connectivity index (χ3n) is 2.92. The molecule has 3 nitrogen and oxygen atoms in total. The summed E-state index contributed by atoms with van der Waals surface area (Å²) >= 11 is 0. The number of imidazole rings is 1. The van der Waals surface area contributed by atoms with Gasteiger partial charge in [-0.3, -0.25) is 0 Å². The quantitative estimate of drug-likeness (QED) is 0.769. The third-order valence-corrected chi connectivity index (χ3v) is 2.92. The first-order chi connectivity index (χ1) is 9.15. The summed E-state index contributed by atoms with van der Waals surface area (Å²) in [6.07, 6.45) is 2.06. The van der Waals surface area contributed by atoms with Gasteiger partial charge < -0.3 is 9.51 Å². The maximum Gasteiger partial charge on any atom is 0.137 e. The molecule has 3 aromatic rings. The molecule has 0 aliphatic carbocycles. The number of halogens is 2. The van der Waals surface area contributed by atoms with E-state index in [-0.39, 0.29) is 11.3 Å². The molecule has 1 atom stereocenters. The van der Waals surface area contributed by atoms with Crippen LogP contribution in [-0.2, 0) is 0 Å². The molecule has 1 N–H and O–H groups in total. The highest BCUT2D eigenvalue weighted by Crippen LogP contribution is 2.24. The Morgan fingerprint density at radius 1 is 1.16 bits per heavy atom. The molecule has 19 heavy (non-hydrogen) atoms. The fourth-order valence-corrected chi connectivity index (χ4v) is 1.97. The molecule has 0 spiro atoms. The Morgan fingerprint density at radius 3 is 2.79 bits per heavy atom. The largest absolute Gasteiger partial charge is 0.382 e. The van der Waals surface area contributed by atoms with Crippen LogP contribution in [0, 0.1) is 11.6 Å². The predicted molar refractivity (Wildman–Crippen MR) is 65.6 cm³/mol. The van der Waals surface area contributed by atoms with Crippen molar-refractivity contribution in [3.05, 3.63) is 71.7 Å². The highest BCUT2D eigenvalue weighted by atomic mass is 19.1. The van der Waals surface area contributed by atoms with E-state index in [9.17, 15) is 13.9 Å². The van der Waals surface area contributed by atoms with Crippen LogP contribution >= 0.6 is 0 Å². The van der Waals surface area contributed by atoms with Crippen LogP contribution in [0.25, 0.3) is 5.65 Å². The van der Waals surface area contributed by atoms with Crippen LogP contribution in [0.3, 0.4) is 0 Å². The van der Waals surface area contributed by atoms with E-state index in [0.29, 0.717) is 5.65 Å². The standard InChI is InChI=1S/C14H10F2N2O/c15-9-4-5-11(16)10(7-9)14(19)12-8-18-6-2-1-3-13(18)17-12/h1-8,14,19H. The summed E-state index contributed by atoms with van der Waals surface area (Å²) in [6, 6.07) is 8.36. The van der Waals surface area contributed by atoms with Crippen LogP contribution in [0.1, 0.15) is 17.4 Å². The lowest BCUT2D eigenvalue weighted by Gasteiger charge is -2.09. The van der Waals surface area contributed by atoms with Gasteiger partial charge in [0.25, 0.3) is 0 Å². The molecule has 0 saturated carbocycles. The summed E-state index contributed by atoms with van der Waals surface area (Å²) in [5.74, 6) is -1.26. The van der Waals surface area contributed by atoms with E-state index in [4.69, 9.17) is 0 Å². The van der Waals surface area contributed by atoms with Crippen molar-refractivity contribution in [3.8, 4) is 0 Å². The van der Waals surface area contributed by atoms with Crippen molar-refractivity contribution in [2.75, 3.05) is 0 Å². The molecule has 5 heteroatoms. The van der Waals surface area contributed by atoms with Crippen molar-refractivity contribution in [1.29, 1.82) is 0 Å². The Hall–Kier alpha value is -2.27. The summed E-state index contributed by atoms with van der Waals surface area (Å²) < 4.78 is 28.4. The first-order valence-corrected chi connectivity index (χ1v) is 5.72. The van der Waals surface area contributed by atoms with Gasteiger partial charge in [0, 0.05) is 18.0 Å². The van der Waals surface area contributed by atoms with Crippen molar-refractivity contribution < 1.29 is 13.9 Å². The Labute approximate surface area is 107 Å². The van der Waals surface area contributed by atoms with Gasteiger partial charge in [-0.2, -0.15) is 0 Å². The van der Waals surface area contributed by atoms with E-state index < -0.39 is 17.7 Å². The highest BCUT2D eigenvalue weighted by Gasteiger charge is 2.18. The summed E-state index contributed by atoms with van der Waals surface area (Å²) in [7, 11) is 0. The molecule has 3 rings (SSSR count). The molecule has 2 aromatic heterocycles. The van der Waals surface area contributed by atoms with Gasteiger partial charge >= 0.3 is 0 Å². The number of hydrogen-bond donors (Lipinski definition) is 1. The molecule has 1 unspecified atom stereocenters. The average molecular weight is 260 g/mol. The minimum absolute atomic E-state index is 0.122. The Morgan fingerprint density at radius 2 is 2.00 bits per heavy atom. The first-order valence-electron chi connectivity index (χ1n) is 5.72. The molecule has 0 aliphatic rings. The van der Waals surface area contributed by atoms with Gasteiger partial charge in [-0.1, -0.05) is 6.07 Å². The molecule has 0 aliphatic heterocycles. The number of rotatable bonds is 2. The topological polar surface area (TPSA) is 37.5 Å². The molecule has 0 saturated heterocycles. The lowest BCUT2D eigenvalue weighted by molar-refractivity contribution is 0.210. The van der Waals surface area contributed by atoms with Crippen LogP contribution < -0.4 is 0 Å². The van der Waals surface area contributed by atoms with Gasteiger partial charge in [-0.15, -0.1) is 0 Å². The van der Waals surface area contributed by atoms with E-state index in [2.05, 4.69) is 4.98 Å². The number of aromatic nitrogens is 2. The Balaban J connectivity index is 2.07. The molecule has 0 radical (unpaired) electrons. The molecule has 0 fully saturated rings. The normalized spacial score (nSPS) is 12.8. The van der Waals surface area contributed by atoms with Gasteiger partial charge in [-0.25, -0.2) is 13.8 Å². The summed E-state index contributed by atoms with van der Waals surface area (Å²) in [5, 5.41) is 10.1. The van der Waals surface area contributed by atoms with E-state index in [1.165, 1.54) is 0 Å². The molecule has 1 aromatic carbocycles. The fraction of sp³-hybridized carbons (Fsp3) is 0.0714. The van der Waals surface area contributed by atoms with Crippen LogP contribution in [0.15, 0.2) is 48.8 Å². The van der Waals surface area contributed by atoms with E-state index in [0.717, 1.165) is 18.2 Å². The van der Waals surface area contributed by atoms with Gasteiger partial charge in [0.05, 0.1) is 5.69 Å². The summed E-state index contributed by atoms with van der Waals surface area (Å²) in [4.78, 5) is 4.18. The fourth-order valence-electron chi connectivity index (χ4n) is 1.97. The molecular formula is C14H10F2N2O. The van der Waals surface area contributed by atoms with Crippen LogP contribution in [-0.4, -0.2) is 14.5 Å². The lowest BCUT2D eigenvalue weighted by atomic mass is 10.1. The van der Waals surface area contributed by atoms with Gasteiger partial charge in [0.2, 0.25) is 0 Å². The van der Waals surface area contributed by atoms with Gasteiger partial charge in [-0.05, 0) is 30.3 Å². The number of benzene rings is 1. The maximum atomic E-state index is 13.6. The molecular weight excluding hydrogens is 250 g/mol. The molecule has 96 valence electrons. The van der Waals surface area contributed by atoms with Gasteiger partial charge in [0.15, 0.2) is 0 Å². The predicted octanol–water partition coefficient (Wildman–Crippen LogP) is 2.69. The third kappa shape index (κ3) is 2.08. The number of hydrogen-bond acceptors (Lipinski definition) is 2. The molecule has 0 amide bonds. The van der Waals surface area contributed by atoms with Crippen LogP contribution in [0.5, 0.6) is 0 Å². The van der Waals surface area contributed by atoms with Crippen molar-refractivity contribution in [2.24, 2.45) is 0 Å². The zero-order chi connectivity index (χ0) is 13.4. The molecule has 0 bridgehead atoms. The number of pyridine rings is 1. The van der Waals surface area contributed by atoms with Crippen molar-refractivity contribution >= 4 is 5.65 Å². The van der Waals surface area contributed by atoms with E-state index in [1.807, 2.05) is 6.07 Å². The number of nitrogens with zero attached hydrogens (tertiary/aromatic N) is 2. The van der Waals surface area contributed by atoms with Crippen molar-refractivity contribution in [2.45, 2.75) is 6.10 Å². The Kier molecular flexibility index (Phi) is 2.76. The minimum Gasteiger partial charge on any atom is -0.382 e. The smallest absolute Gasteiger partial charge is 0.137 e. The second kappa shape index (κ2) is 4.44. The minimum atomic E-state index is -1.30. The number of aliphatic hydroxyl groups is 1. The average Bonchev–Trinajstić information content (AvgIpc) is 2.84. The maximum absolute atomic E-state index is 13.6. The van der Waals surface area contributed by atoms with Crippen LogP contribution in [0.4, 0.5) is 8.78 Å². The lowest BCUT2D eigenvalue weighted by Crippen LogP contribution is -2.03. The first kappa shape index (κ1) is 11.8.